The molecule has 1 aromatic carbocycles. The summed E-state index contributed by atoms with van der Waals surface area (Å²) in [6, 6.07) is 6.08. The fraction of sp³-hybridized carbons (Fsp3) is 0.524. The van der Waals surface area contributed by atoms with E-state index in [9.17, 15) is 9.59 Å². The van der Waals surface area contributed by atoms with Crippen LogP contribution in [0.2, 0.25) is 0 Å². The topological polar surface area (TPSA) is 82.5 Å². The van der Waals surface area contributed by atoms with Gasteiger partial charge in [-0.15, -0.1) is 0 Å². The first kappa shape index (κ1) is 20.2. The summed E-state index contributed by atoms with van der Waals surface area (Å²) in [4.78, 5) is 28.4. The molecule has 0 spiro atoms. The SMILES string of the molecule is CCCCn1c(N)c(N2CCOCC2)c(=O)n(Cc2cc(C)ccc2C)c1=O. The Kier molecular flexibility index (Phi) is 6.24. The molecule has 0 bridgehead atoms. The van der Waals surface area contributed by atoms with Crippen LogP contribution in [0.15, 0.2) is 27.8 Å². The van der Waals surface area contributed by atoms with Crippen LogP contribution in [0.5, 0.6) is 0 Å². The van der Waals surface area contributed by atoms with E-state index in [1.165, 1.54) is 4.57 Å². The van der Waals surface area contributed by atoms with Crippen molar-refractivity contribution in [3.63, 3.8) is 0 Å². The van der Waals surface area contributed by atoms with Gasteiger partial charge in [0.15, 0.2) is 0 Å². The molecule has 3 rings (SSSR count). The standard InChI is InChI=1S/C21H30N4O3/c1-4-5-8-24-19(22)18(23-9-11-28-12-10-23)20(26)25(21(24)27)14-17-13-15(2)6-7-16(17)3/h6-7,13H,4-5,8-12,14,22H2,1-3H3. The summed E-state index contributed by atoms with van der Waals surface area (Å²) in [6.07, 6.45) is 1.77. The van der Waals surface area contributed by atoms with E-state index in [4.69, 9.17) is 10.5 Å². The summed E-state index contributed by atoms with van der Waals surface area (Å²) in [5.74, 6) is 0.266. The molecule has 2 aromatic rings. The first-order valence-corrected chi connectivity index (χ1v) is 9.96. The Morgan fingerprint density at radius 1 is 1.11 bits per heavy atom. The number of nitrogens with zero attached hydrogens (tertiary/aromatic N) is 3. The Morgan fingerprint density at radius 3 is 2.50 bits per heavy atom. The highest BCUT2D eigenvalue weighted by atomic mass is 16.5. The van der Waals surface area contributed by atoms with Gasteiger partial charge < -0.3 is 15.4 Å². The van der Waals surface area contributed by atoms with Crippen LogP contribution in [0.1, 0.15) is 36.5 Å². The van der Waals surface area contributed by atoms with Crippen LogP contribution in [0.25, 0.3) is 0 Å². The molecule has 2 heterocycles. The number of unbranched alkanes of at least 4 members (excludes halogenated alkanes) is 1. The van der Waals surface area contributed by atoms with E-state index in [1.54, 1.807) is 4.57 Å². The molecule has 1 saturated heterocycles. The van der Waals surface area contributed by atoms with E-state index in [-0.39, 0.29) is 23.6 Å². The highest BCUT2D eigenvalue weighted by molar-refractivity contribution is 5.63. The largest absolute Gasteiger partial charge is 0.383 e. The molecule has 1 aromatic heterocycles. The van der Waals surface area contributed by atoms with Crippen molar-refractivity contribution < 1.29 is 4.74 Å². The third-order valence-electron chi connectivity index (χ3n) is 5.34. The Morgan fingerprint density at radius 2 is 1.82 bits per heavy atom. The van der Waals surface area contributed by atoms with E-state index in [2.05, 4.69) is 6.92 Å². The number of aryl methyl sites for hydroxylation is 2. The molecule has 1 aliphatic rings. The van der Waals surface area contributed by atoms with Gasteiger partial charge in [0.25, 0.3) is 5.56 Å². The summed E-state index contributed by atoms with van der Waals surface area (Å²) < 4.78 is 8.30. The molecule has 0 saturated carbocycles. The van der Waals surface area contributed by atoms with Crippen LogP contribution < -0.4 is 21.9 Å². The second-order valence-electron chi connectivity index (χ2n) is 7.44. The quantitative estimate of drug-likeness (QED) is 0.820. The number of rotatable bonds is 6. The molecular weight excluding hydrogens is 356 g/mol. The molecular formula is C21H30N4O3. The van der Waals surface area contributed by atoms with Crippen LogP contribution >= 0.6 is 0 Å². The Labute approximate surface area is 165 Å². The van der Waals surface area contributed by atoms with E-state index >= 15 is 0 Å². The number of anilines is 2. The Balaban J connectivity index is 2.15. The summed E-state index contributed by atoms with van der Waals surface area (Å²) in [5, 5.41) is 0. The van der Waals surface area contributed by atoms with Crippen LogP contribution in [-0.2, 0) is 17.8 Å². The van der Waals surface area contributed by atoms with E-state index in [0.717, 1.165) is 29.5 Å². The lowest BCUT2D eigenvalue weighted by Crippen LogP contribution is -2.47. The molecule has 0 radical (unpaired) electrons. The number of aromatic nitrogens is 2. The van der Waals surface area contributed by atoms with E-state index in [0.29, 0.717) is 38.5 Å². The molecule has 0 aliphatic carbocycles. The maximum atomic E-state index is 13.3. The minimum atomic E-state index is -0.339. The number of hydrogen-bond acceptors (Lipinski definition) is 5. The molecule has 7 heteroatoms. The first-order chi connectivity index (χ1) is 13.4. The van der Waals surface area contributed by atoms with Gasteiger partial charge in [-0.3, -0.25) is 13.9 Å². The zero-order chi connectivity index (χ0) is 20.3. The highest BCUT2D eigenvalue weighted by Gasteiger charge is 2.23. The number of benzene rings is 1. The fourth-order valence-electron chi connectivity index (χ4n) is 3.60. The lowest BCUT2D eigenvalue weighted by molar-refractivity contribution is 0.122. The third-order valence-corrected chi connectivity index (χ3v) is 5.34. The van der Waals surface area contributed by atoms with Gasteiger partial charge in [0.1, 0.15) is 11.5 Å². The lowest BCUT2D eigenvalue weighted by atomic mass is 10.1. The van der Waals surface area contributed by atoms with Gasteiger partial charge in [-0.1, -0.05) is 37.1 Å². The number of morpholine rings is 1. The van der Waals surface area contributed by atoms with Crippen molar-refractivity contribution in [2.24, 2.45) is 0 Å². The lowest BCUT2D eigenvalue weighted by Gasteiger charge is -2.30. The van der Waals surface area contributed by atoms with Gasteiger partial charge in [-0.25, -0.2) is 4.79 Å². The smallest absolute Gasteiger partial charge is 0.332 e. The van der Waals surface area contributed by atoms with Crippen molar-refractivity contribution in [3.05, 3.63) is 55.7 Å². The summed E-state index contributed by atoms with van der Waals surface area (Å²) in [7, 11) is 0. The van der Waals surface area contributed by atoms with Crippen molar-refractivity contribution in [2.45, 2.75) is 46.7 Å². The van der Waals surface area contributed by atoms with Gasteiger partial charge in [0, 0.05) is 19.6 Å². The minimum Gasteiger partial charge on any atom is -0.383 e. The predicted molar refractivity (Wildman–Crippen MR) is 112 cm³/mol. The van der Waals surface area contributed by atoms with Crippen molar-refractivity contribution in [2.75, 3.05) is 36.9 Å². The molecule has 2 N–H and O–H groups in total. The average Bonchev–Trinajstić information content (AvgIpc) is 2.68. The van der Waals surface area contributed by atoms with Crippen molar-refractivity contribution in [3.8, 4) is 0 Å². The minimum absolute atomic E-state index is 0.245. The van der Waals surface area contributed by atoms with Gasteiger partial charge in [0.05, 0.1) is 19.8 Å². The molecule has 1 fully saturated rings. The van der Waals surface area contributed by atoms with Crippen LogP contribution in [0.3, 0.4) is 0 Å². The van der Waals surface area contributed by atoms with Gasteiger partial charge in [-0.05, 0) is 31.4 Å². The molecule has 28 heavy (non-hydrogen) atoms. The third kappa shape index (κ3) is 3.99. The predicted octanol–water partition coefficient (Wildman–Crippen LogP) is 1.89. The Hall–Kier alpha value is -2.54. The van der Waals surface area contributed by atoms with Crippen LogP contribution in [0, 0.1) is 13.8 Å². The molecule has 1 aliphatic heterocycles. The average molecular weight is 386 g/mol. The van der Waals surface area contributed by atoms with Crippen LogP contribution in [-0.4, -0.2) is 35.4 Å². The normalized spacial score (nSPS) is 14.5. The van der Waals surface area contributed by atoms with E-state index in [1.807, 2.05) is 36.9 Å². The zero-order valence-electron chi connectivity index (χ0n) is 17.0. The highest BCUT2D eigenvalue weighted by Crippen LogP contribution is 2.19. The summed E-state index contributed by atoms with van der Waals surface area (Å²) in [6.45, 7) is 9.09. The maximum absolute atomic E-state index is 13.3. The summed E-state index contributed by atoms with van der Waals surface area (Å²) >= 11 is 0. The Bertz CT molecular complexity index is 955. The molecule has 152 valence electrons. The fourth-order valence-corrected chi connectivity index (χ4v) is 3.60. The number of hydrogen-bond donors (Lipinski definition) is 1. The molecule has 0 unspecified atom stereocenters. The molecule has 7 nitrogen and oxygen atoms in total. The molecule has 0 amide bonds. The van der Waals surface area contributed by atoms with Gasteiger partial charge in [-0.2, -0.15) is 0 Å². The maximum Gasteiger partial charge on any atom is 0.332 e. The number of nitrogen functional groups attached to an aromatic ring is 1. The monoisotopic (exact) mass is 386 g/mol. The van der Waals surface area contributed by atoms with Gasteiger partial charge >= 0.3 is 5.69 Å². The zero-order valence-corrected chi connectivity index (χ0v) is 17.0. The van der Waals surface area contributed by atoms with E-state index < -0.39 is 0 Å². The van der Waals surface area contributed by atoms with Crippen molar-refractivity contribution in [1.82, 2.24) is 9.13 Å². The number of ether oxygens (including phenoxy) is 1. The second-order valence-corrected chi connectivity index (χ2v) is 7.44. The van der Waals surface area contributed by atoms with Crippen LogP contribution in [0.4, 0.5) is 11.5 Å². The second kappa shape index (κ2) is 8.65. The van der Waals surface area contributed by atoms with Gasteiger partial charge in [0.2, 0.25) is 0 Å². The molecule has 0 atom stereocenters. The van der Waals surface area contributed by atoms with Crippen molar-refractivity contribution >= 4 is 11.5 Å². The first-order valence-electron chi connectivity index (χ1n) is 9.96. The number of nitrogens with two attached hydrogens (primary N) is 1. The van der Waals surface area contributed by atoms with Crippen molar-refractivity contribution in [1.29, 1.82) is 0 Å². The summed E-state index contributed by atoms with van der Waals surface area (Å²) in [5.41, 5.74) is 9.23.